The lowest BCUT2D eigenvalue weighted by molar-refractivity contribution is -0.120. The molecule has 0 bridgehead atoms. The van der Waals surface area contributed by atoms with Gasteiger partial charge >= 0.3 is 0 Å². The van der Waals surface area contributed by atoms with E-state index in [-0.39, 0.29) is 11.9 Å². The van der Waals surface area contributed by atoms with Crippen molar-refractivity contribution in [1.82, 2.24) is 0 Å². The number of benzene rings is 1. The summed E-state index contributed by atoms with van der Waals surface area (Å²) >= 11 is 12.2. The summed E-state index contributed by atoms with van der Waals surface area (Å²) in [5, 5.41) is 1.48. The number of hydrogen-bond acceptors (Lipinski definition) is 1. The second-order valence-corrected chi connectivity index (χ2v) is 7.36. The average Bonchev–Trinajstić information content (AvgIpc) is 2.68. The van der Waals surface area contributed by atoms with E-state index in [0.717, 1.165) is 30.0 Å². The standard InChI is InChI=1S/C19H21Cl2NO/c1-13-11-14(5-6-16(21)12-13)18-3-2-4-19(23)22(18)17-9-7-15(20)8-10-17/h5-10,12-14,18H,2-4,11H2,1H3. The van der Waals surface area contributed by atoms with Crippen LogP contribution in [0, 0.1) is 11.8 Å². The van der Waals surface area contributed by atoms with Crippen LogP contribution in [-0.2, 0) is 4.79 Å². The topological polar surface area (TPSA) is 20.3 Å². The molecule has 4 heteroatoms. The molecular weight excluding hydrogens is 329 g/mol. The maximum Gasteiger partial charge on any atom is 0.227 e. The summed E-state index contributed by atoms with van der Waals surface area (Å²) < 4.78 is 0. The Morgan fingerprint density at radius 1 is 1.17 bits per heavy atom. The van der Waals surface area contributed by atoms with Gasteiger partial charge in [0.15, 0.2) is 0 Å². The smallest absolute Gasteiger partial charge is 0.227 e. The molecule has 1 aliphatic heterocycles. The first-order chi connectivity index (χ1) is 11.0. The van der Waals surface area contributed by atoms with Crippen molar-refractivity contribution in [1.29, 1.82) is 0 Å². The lowest BCUT2D eigenvalue weighted by Crippen LogP contribution is -2.47. The quantitative estimate of drug-likeness (QED) is 0.684. The van der Waals surface area contributed by atoms with Gasteiger partial charge in [0.05, 0.1) is 0 Å². The van der Waals surface area contributed by atoms with Gasteiger partial charge in [-0.15, -0.1) is 0 Å². The lowest BCUT2D eigenvalue weighted by atomic mass is 9.84. The fraction of sp³-hybridized carbons (Fsp3) is 0.421. The molecule has 0 spiro atoms. The predicted octanol–water partition coefficient (Wildman–Crippen LogP) is 5.56. The summed E-state index contributed by atoms with van der Waals surface area (Å²) in [6.07, 6.45) is 9.85. The van der Waals surface area contributed by atoms with Gasteiger partial charge in [-0.3, -0.25) is 4.79 Å². The first-order valence-corrected chi connectivity index (χ1v) is 8.93. The number of carbonyl (C=O) groups excluding carboxylic acids is 1. The van der Waals surface area contributed by atoms with Gasteiger partial charge in [0.2, 0.25) is 5.91 Å². The van der Waals surface area contributed by atoms with Crippen molar-refractivity contribution in [2.75, 3.05) is 4.90 Å². The summed E-state index contributed by atoms with van der Waals surface area (Å²) in [7, 11) is 0. The van der Waals surface area contributed by atoms with Gasteiger partial charge in [0.1, 0.15) is 0 Å². The van der Waals surface area contributed by atoms with Gasteiger partial charge in [-0.05, 0) is 61.4 Å². The third-order valence-corrected chi connectivity index (χ3v) is 5.18. The van der Waals surface area contributed by atoms with Crippen LogP contribution in [0.3, 0.4) is 0 Å². The van der Waals surface area contributed by atoms with Crippen LogP contribution in [0.15, 0.2) is 47.5 Å². The van der Waals surface area contributed by atoms with Crippen LogP contribution in [0.25, 0.3) is 0 Å². The molecule has 2 nitrogen and oxygen atoms in total. The molecule has 1 aromatic carbocycles. The van der Waals surface area contributed by atoms with Crippen LogP contribution in [0.4, 0.5) is 5.69 Å². The zero-order valence-electron chi connectivity index (χ0n) is 13.2. The molecule has 3 unspecified atom stereocenters. The van der Waals surface area contributed by atoms with Gasteiger partial charge in [-0.25, -0.2) is 0 Å². The Morgan fingerprint density at radius 2 is 1.91 bits per heavy atom. The number of nitrogens with zero attached hydrogens (tertiary/aromatic N) is 1. The van der Waals surface area contributed by atoms with E-state index in [4.69, 9.17) is 23.2 Å². The number of piperidine rings is 1. The Kier molecular flexibility index (Phi) is 5.13. The van der Waals surface area contributed by atoms with Gasteiger partial charge in [-0.2, -0.15) is 0 Å². The zero-order chi connectivity index (χ0) is 16.4. The van der Waals surface area contributed by atoms with Crippen molar-refractivity contribution in [2.24, 2.45) is 11.8 Å². The third kappa shape index (κ3) is 3.81. The Hall–Kier alpha value is -1.25. The molecule has 0 N–H and O–H groups in total. The molecule has 0 saturated carbocycles. The number of anilines is 1. The predicted molar refractivity (Wildman–Crippen MR) is 96.9 cm³/mol. The van der Waals surface area contributed by atoms with Crippen molar-refractivity contribution < 1.29 is 4.79 Å². The van der Waals surface area contributed by atoms with Gasteiger partial charge in [0.25, 0.3) is 0 Å². The minimum atomic E-state index is 0.187. The summed E-state index contributed by atoms with van der Waals surface area (Å²) in [6.45, 7) is 2.18. The van der Waals surface area contributed by atoms with Gasteiger partial charge in [-0.1, -0.05) is 42.3 Å². The maximum atomic E-state index is 12.6. The second kappa shape index (κ2) is 7.11. The molecular formula is C19H21Cl2NO. The zero-order valence-corrected chi connectivity index (χ0v) is 14.7. The molecule has 122 valence electrons. The van der Waals surface area contributed by atoms with E-state index in [9.17, 15) is 4.79 Å². The molecule has 0 radical (unpaired) electrons. The number of carbonyl (C=O) groups is 1. The molecule has 0 aromatic heterocycles. The van der Waals surface area contributed by atoms with Crippen LogP contribution >= 0.6 is 23.2 Å². The second-order valence-electron chi connectivity index (χ2n) is 6.49. The molecule has 1 heterocycles. The Bertz CT molecular complexity index is 635. The molecule has 3 atom stereocenters. The van der Waals surface area contributed by atoms with E-state index in [0.29, 0.717) is 23.3 Å². The van der Waals surface area contributed by atoms with Crippen LogP contribution in [0.5, 0.6) is 0 Å². The van der Waals surface area contributed by atoms with Gasteiger partial charge < -0.3 is 4.90 Å². The first-order valence-electron chi connectivity index (χ1n) is 8.18. The maximum absolute atomic E-state index is 12.6. The van der Waals surface area contributed by atoms with E-state index in [1.165, 1.54) is 0 Å². The highest BCUT2D eigenvalue weighted by molar-refractivity contribution is 6.31. The van der Waals surface area contributed by atoms with Crippen molar-refractivity contribution in [2.45, 2.75) is 38.6 Å². The molecule has 1 saturated heterocycles. The van der Waals surface area contributed by atoms with Crippen LogP contribution in [0.1, 0.15) is 32.6 Å². The minimum Gasteiger partial charge on any atom is -0.309 e. The summed E-state index contributed by atoms with van der Waals surface area (Å²) in [6, 6.07) is 7.76. The number of amides is 1. The first kappa shape index (κ1) is 16.6. The molecule has 1 amide bonds. The molecule has 3 rings (SSSR count). The van der Waals surface area contributed by atoms with E-state index in [1.807, 2.05) is 35.2 Å². The van der Waals surface area contributed by atoms with E-state index < -0.39 is 0 Å². The summed E-state index contributed by atoms with van der Waals surface area (Å²) in [5.41, 5.74) is 0.938. The number of hydrogen-bond donors (Lipinski definition) is 0. The normalized spacial score (nSPS) is 28.5. The summed E-state index contributed by atoms with van der Waals surface area (Å²) in [4.78, 5) is 14.6. The number of halogens is 2. The number of allylic oxidation sites excluding steroid dienone is 3. The van der Waals surface area contributed by atoms with Crippen LogP contribution in [0.2, 0.25) is 5.02 Å². The van der Waals surface area contributed by atoms with Crippen molar-refractivity contribution >= 4 is 34.8 Å². The van der Waals surface area contributed by atoms with Crippen LogP contribution in [-0.4, -0.2) is 11.9 Å². The van der Waals surface area contributed by atoms with Crippen LogP contribution < -0.4 is 4.90 Å². The van der Waals surface area contributed by atoms with E-state index >= 15 is 0 Å². The van der Waals surface area contributed by atoms with Crippen molar-refractivity contribution in [3.05, 3.63) is 52.5 Å². The van der Waals surface area contributed by atoms with E-state index in [2.05, 4.69) is 19.1 Å². The SMILES string of the molecule is CC1C=C(Cl)C=CC(C2CCCC(=O)N2c2ccc(Cl)cc2)C1. The average molecular weight is 350 g/mol. The summed E-state index contributed by atoms with van der Waals surface area (Å²) in [5.74, 6) is 0.928. The minimum absolute atomic E-state index is 0.187. The Labute approximate surface area is 147 Å². The molecule has 2 aliphatic rings. The highest BCUT2D eigenvalue weighted by Crippen LogP contribution is 2.35. The largest absolute Gasteiger partial charge is 0.309 e. The Morgan fingerprint density at radius 3 is 2.65 bits per heavy atom. The molecule has 1 aliphatic carbocycles. The monoisotopic (exact) mass is 349 g/mol. The van der Waals surface area contributed by atoms with E-state index in [1.54, 1.807) is 0 Å². The molecule has 23 heavy (non-hydrogen) atoms. The fourth-order valence-corrected chi connectivity index (χ4v) is 4.06. The van der Waals surface area contributed by atoms with Crippen molar-refractivity contribution in [3.63, 3.8) is 0 Å². The molecule has 1 aromatic rings. The third-order valence-electron chi connectivity index (χ3n) is 4.68. The fourth-order valence-electron chi connectivity index (χ4n) is 3.64. The number of rotatable bonds is 2. The Balaban J connectivity index is 1.90. The highest BCUT2D eigenvalue weighted by atomic mass is 35.5. The molecule has 1 fully saturated rings. The van der Waals surface area contributed by atoms with Crippen molar-refractivity contribution in [3.8, 4) is 0 Å². The highest BCUT2D eigenvalue weighted by Gasteiger charge is 2.34. The van der Waals surface area contributed by atoms with Gasteiger partial charge in [0, 0.05) is 28.2 Å². The lowest BCUT2D eigenvalue weighted by Gasteiger charge is -2.40.